The monoisotopic (exact) mass is 266 g/mol. The summed E-state index contributed by atoms with van der Waals surface area (Å²) in [6, 6.07) is 14.9. The minimum absolute atomic E-state index is 0.228. The molecule has 20 heavy (non-hydrogen) atoms. The van der Waals surface area contributed by atoms with Crippen molar-refractivity contribution in [3.8, 4) is 11.1 Å². The van der Waals surface area contributed by atoms with Crippen molar-refractivity contribution in [1.82, 2.24) is 9.78 Å². The lowest BCUT2D eigenvalue weighted by molar-refractivity contribution is 0.628. The van der Waals surface area contributed by atoms with Gasteiger partial charge in [0.1, 0.15) is 5.82 Å². The molecule has 0 amide bonds. The fourth-order valence-electron chi connectivity index (χ4n) is 2.15. The van der Waals surface area contributed by atoms with Crippen molar-refractivity contribution in [2.24, 2.45) is 0 Å². The molecule has 0 aliphatic rings. The van der Waals surface area contributed by atoms with Crippen molar-refractivity contribution in [3.05, 3.63) is 77.9 Å². The van der Waals surface area contributed by atoms with Gasteiger partial charge in [-0.3, -0.25) is 4.68 Å². The van der Waals surface area contributed by atoms with Crippen LogP contribution in [0.25, 0.3) is 11.1 Å². The van der Waals surface area contributed by atoms with Gasteiger partial charge in [-0.25, -0.2) is 4.39 Å². The standard InChI is InChI=1S/C17H15FN2/c1-13-5-7-14(8-6-13)11-20-12-16(10-19-20)15-3-2-4-17(18)9-15/h2-10,12H,11H2,1H3. The quantitative estimate of drug-likeness (QED) is 0.699. The van der Waals surface area contributed by atoms with E-state index >= 15 is 0 Å². The lowest BCUT2D eigenvalue weighted by atomic mass is 10.1. The highest BCUT2D eigenvalue weighted by molar-refractivity contribution is 5.61. The smallest absolute Gasteiger partial charge is 0.123 e. The van der Waals surface area contributed by atoms with Crippen LogP contribution in [0, 0.1) is 12.7 Å². The number of rotatable bonds is 3. The molecule has 0 bridgehead atoms. The van der Waals surface area contributed by atoms with Gasteiger partial charge in [0.05, 0.1) is 12.7 Å². The van der Waals surface area contributed by atoms with Crippen LogP contribution in [0.1, 0.15) is 11.1 Å². The first kappa shape index (κ1) is 12.6. The van der Waals surface area contributed by atoms with E-state index in [2.05, 4.69) is 36.3 Å². The molecule has 0 atom stereocenters. The van der Waals surface area contributed by atoms with Gasteiger partial charge < -0.3 is 0 Å². The predicted molar refractivity (Wildman–Crippen MR) is 77.9 cm³/mol. The molecule has 0 aliphatic heterocycles. The van der Waals surface area contributed by atoms with Gasteiger partial charge >= 0.3 is 0 Å². The van der Waals surface area contributed by atoms with E-state index in [9.17, 15) is 4.39 Å². The molecule has 0 spiro atoms. The van der Waals surface area contributed by atoms with Crippen molar-refractivity contribution in [3.63, 3.8) is 0 Å². The molecule has 1 aromatic heterocycles. The lowest BCUT2D eigenvalue weighted by Crippen LogP contribution is -1.99. The summed E-state index contributed by atoms with van der Waals surface area (Å²) in [5.74, 6) is -0.228. The number of benzene rings is 2. The minimum atomic E-state index is -0.228. The Bertz CT molecular complexity index is 714. The zero-order chi connectivity index (χ0) is 13.9. The molecule has 0 fully saturated rings. The minimum Gasteiger partial charge on any atom is -0.268 e. The average molecular weight is 266 g/mol. The zero-order valence-electron chi connectivity index (χ0n) is 11.3. The van der Waals surface area contributed by atoms with Crippen LogP contribution < -0.4 is 0 Å². The fraction of sp³-hybridized carbons (Fsp3) is 0.118. The summed E-state index contributed by atoms with van der Waals surface area (Å²) in [6.07, 6.45) is 3.71. The molecular formula is C17H15FN2. The third-order valence-electron chi connectivity index (χ3n) is 3.26. The van der Waals surface area contributed by atoms with Gasteiger partial charge in [-0.05, 0) is 30.2 Å². The van der Waals surface area contributed by atoms with Crippen molar-refractivity contribution >= 4 is 0 Å². The fourth-order valence-corrected chi connectivity index (χ4v) is 2.15. The number of nitrogens with zero attached hydrogens (tertiary/aromatic N) is 2. The molecule has 0 saturated heterocycles. The van der Waals surface area contributed by atoms with Gasteiger partial charge in [-0.1, -0.05) is 42.0 Å². The summed E-state index contributed by atoms with van der Waals surface area (Å²) in [5, 5.41) is 4.33. The molecule has 2 aromatic carbocycles. The molecule has 0 saturated carbocycles. The lowest BCUT2D eigenvalue weighted by Gasteiger charge is -2.02. The predicted octanol–water partition coefficient (Wildman–Crippen LogP) is 4.05. The van der Waals surface area contributed by atoms with E-state index < -0.39 is 0 Å². The molecule has 0 unspecified atom stereocenters. The molecule has 3 heteroatoms. The first-order chi connectivity index (χ1) is 9.70. The molecular weight excluding hydrogens is 251 g/mol. The summed E-state index contributed by atoms with van der Waals surface area (Å²) in [5.41, 5.74) is 4.22. The van der Waals surface area contributed by atoms with Crippen molar-refractivity contribution in [2.75, 3.05) is 0 Å². The second kappa shape index (κ2) is 5.29. The highest BCUT2D eigenvalue weighted by Gasteiger charge is 2.03. The first-order valence-corrected chi connectivity index (χ1v) is 6.55. The molecule has 3 aromatic rings. The van der Waals surface area contributed by atoms with E-state index in [-0.39, 0.29) is 5.82 Å². The van der Waals surface area contributed by atoms with Crippen LogP contribution in [0.4, 0.5) is 4.39 Å². The maximum absolute atomic E-state index is 13.2. The number of aryl methyl sites for hydroxylation is 1. The van der Waals surface area contributed by atoms with Gasteiger partial charge in [0.15, 0.2) is 0 Å². The Morgan fingerprint density at radius 2 is 1.85 bits per heavy atom. The Kier molecular flexibility index (Phi) is 3.33. The molecule has 2 nitrogen and oxygen atoms in total. The van der Waals surface area contributed by atoms with Crippen LogP contribution in [0.2, 0.25) is 0 Å². The third-order valence-corrected chi connectivity index (χ3v) is 3.26. The van der Waals surface area contributed by atoms with E-state index in [1.54, 1.807) is 12.3 Å². The van der Waals surface area contributed by atoms with Gasteiger partial charge in [0.2, 0.25) is 0 Å². The molecule has 0 N–H and O–H groups in total. The van der Waals surface area contributed by atoms with E-state index in [1.165, 1.54) is 23.3 Å². The van der Waals surface area contributed by atoms with E-state index in [0.29, 0.717) is 0 Å². The molecule has 3 rings (SSSR count). The highest BCUT2D eigenvalue weighted by Crippen LogP contribution is 2.19. The SMILES string of the molecule is Cc1ccc(Cn2cc(-c3cccc(F)c3)cn2)cc1. The zero-order valence-corrected chi connectivity index (χ0v) is 11.3. The number of halogens is 1. The van der Waals surface area contributed by atoms with Gasteiger partial charge in [0, 0.05) is 11.8 Å². The topological polar surface area (TPSA) is 17.8 Å². The van der Waals surface area contributed by atoms with Crippen LogP contribution >= 0.6 is 0 Å². The maximum Gasteiger partial charge on any atom is 0.123 e. The van der Waals surface area contributed by atoms with Gasteiger partial charge in [0.25, 0.3) is 0 Å². The number of hydrogen-bond donors (Lipinski definition) is 0. The van der Waals surface area contributed by atoms with Gasteiger partial charge in [-0.2, -0.15) is 5.10 Å². The Balaban J connectivity index is 1.82. The first-order valence-electron chi connectivity index (χ1n) is 6.55. The largest absolute Gasteiger partial charge is 0.268 e. The summed E-state index contributed by atoms with van der Waals surface area (Å²) in [7, 11) is 0. The van der Waals surface area contributed by atoms with Gasteiger partial charge in [-0.15, -0.1) is 0 Å². The summed E-state index contributed by atoms with van der Waals surface area (Å²) in [4.78, 5) is 0. The van der Waals surface area contributed by atoms with Crippen molar-refractivity contribution in [2.45, 2.75) is 13.5 Å². The summed E-state index contributed by atoms with van der Waals surface area (Å²) in [6.45, 7) is 2.79. The molecule has 0 aliphatic carbocycles. The second-order valence-electron chi connectivity index (χ2n) is 4.92. The summed E-state index contributed by atoms with van der Waals surface area (Å²) >= 11 is 0. The van der Waals surface area contributed by atoms with Crippen LogP contribution in [-0.4, -0.2) is 9.78 Å². The second-order valence-corrected chi connectivity index (χ2v) is 4.92. The third kappa shape index (κ3) is 2.77. The molecule has 0 radical (unpaired) electrons. The normalized spacial score (nSPS) is 10.7. The van der Waals surface area contributed by atoms with Crippen molar-refractivity contribution < 1.29 is 4.39 Å². The van der Waals surface area contributed by atoms with E-state index in [1.807, 2.05) is 16.9 Å². The Labute approximate surface area is 117 Å². The number of aromatic nitrogens is 2. The van der Waals surface area contributed by atoms with Crippen molar-refractivity contribution in [1.29, 1.82) is 0 Å². The van der Waals surface area contributed by atoms with E-state index in [0.717, 1.165) is 17.7 Å². The molecule has 1 heterocycles. The Hall–Kier alpha value is -2.42. The highest BCUT2D eigenvalue weighted by atomic mass is 19.1. The Morgan fingerprint density at radius 3 is 2.60 bits per heavy atom. The van der Waals surface area contributed by atoms with Crippen LogP contribution in [-0.2, 0) is 6.54 Å². The van der Waals surface area contributed by atoms with Crippen LogP contribution in [0.15, 0.2) is 60.9 Å². The average Bonchev–Trinajstić information content (AvgIpc) is 2.90. The molecule has 100 valence electrons. The summed E-state index contributed by atoms with van der Waals surface area (Å²) < 4.78 is 15.1. The van der Waals surface area contributed by atoms with Crippen LogP contribution in [0.5, 0.6) is 0 Å². The Morgan fingerprint density at radius 1 is 1.05 bits per heavy atom. The number of hydrogen-bond acceptors (Lipinski definition) is 1. The van der Waals surface area contributed by atoms with E-state index in [4.69, 9.17) is 0 Å². The van der Waals surface area contributed by atoms with Crippen LogP contribution in [0.3, 0.4) is 0 Å². The maximum atomic E-state index is 13.2.